The number of fused-ring (bicyclic) bond motifs is 1. The van der Waals surface area contributed by atoms with Crippen molar-refractivity contribution in [1.29, 1.82) is 0 Å². The molecule has 1 saturated heterocycles. The van der Waals surface area contributed by atoms with E-state index in [1.54, 1.807) is 11.3 Å². The van der Waals surface area contributed by atoms with E-state index in [2.05, 4.69) is 42.4 Å². The van der Waals surface area contributed by atoms with Gasteiger partial charge in [-0.3, -0.25) is 4.90 Å². The monoisotopic (exact) mass is 304 g/mol. The molecule has 3 rings (SSSR count). The maximum Gasteiger partial charge on any atom is 0.146 e. The summed E-state index contributed by atoms with van der Waals surface area (Å²) in [4.78, 5) is 13.1. The van der Waals surface area contributed by atoms with Gasteiger partial charge in [0.25, 0.3) is 0 Å². The Morgan fingerprint density at radius 3 is 3.05 bits per heavy atom. The van der Waals surface area contributed by atoms with Gasteiger partial charge in [0.2, 0.25) is 0 Å². The fraction of sp³-hybridized carbons (Fsp3) is 0.625. The molecule has 1 aliphatic rings. The summed E-state index contributed by atoms with van der Waals surface area (Å²) >= 11 is 1.70. The number of aromatic nitrogens is 2. The van der Waals surface area contributed by atoms with Crippen molar-refractivity contribution in [2.45, 2.75) is 46.2 Å². The Labute approximate surface area is 130 Å². The van der Waals surface area contributed by atoms with Crippen LogP contribution >= 0.6 is 11.3 Å². The van der Waals surface area contributed by atoms with Crippen LogP contribution in [-0.2, 0) is 6.54 Å². The predicted octanol–water partition coefficient (Wildman–Crippen LogP) is 3.74. The van der Waals surface area contributed by atoms with Crippen molar-refractivity contribution in [3.63, 3.8) is 0 Å². The second kappa shape index (κ2) is 6.28. The van der Waals surface area contributed by atoms with Gasteiger partial charge in [-0.1, -0.05) is 6.92 Å². The lowest BCUT2D eigenvalue weighted by Gasteiger charge is -2.37. The normalized spacial score (nSPS) is 23.6. The maximum atomic E-state index is 4.76. The highest BCUT2D eigenvalue weighted by molar-refractivity contribution is 7.16. The average Bonchev–Trinajstić information content (AvgIpc) is 2.93. The second-order valence-electron chi connectivity index (χ2n) is 5.99. The smallest absolute Gasteiger partial charge is 0.146 e. The third-order valence-electron chi connectivity index (χ3n) is 4.56. The summed E-state index contributed by atoms with van der Waals surface area (Å²) in [5, 5.41) is 6.61. The van der Waals surface area contributed by atoms with Gasteiger partial charge in [-0.05, 0) is 50.6 Å². The minimum Gasteiger partial charge on any atom is -0.370 e. The van der Waals surface area contributed by atoms with Crippen molar-refractivity contribution in [3.8, 4) is 0 Å². The SMILES string of the molecule is CCNc1nc(CN2CCCC(C)C2C)nc2sccc12. The zero-order valence-corrected chi connectivity index (χ0v) is 13.9. The van der Waals surface area contributed by atoms with Crippen LogP contribution in [0.2, 0.25) is 0 Å². The van der Waals surface area contributed by atoms with E-state index in [0.29, 0.717) is 6.04 Å². The van der Waals surface area contributed by atoms with E-state index in [4.69, 9.17) is 9.97 Å². The molecule has 0 bridgehead atoms. The first kappa shape index (κ1) is 14.7. The molecule has 1 N–H and O–H groups in total. The van der Waals surface area contributed by atoms with Crippen LogP contribution in [0.15, 0.2) is 11.4 Å². The molecule has 2 atom stereocenters. The second-order valence-corrected chi connectivity index (χ2v) is 6.88. The van der Waals surface area contributed by atoms with Gasteiger partial charge in [0.05, 0.1) is 11.9 Å². The Kier molecular flexibility index (Phi) is 4.40. The molecule has 0 amide bonds. The van der Waals surface area contributed by atoms with Crippen LogP contribution in [0, 0.1) is 5.92 Å². The Bertz CT molecular complexity index is 609. The summed E-state index contributed by atoms with van der Waals surface area (Å²) in [5.41, 5.74) is 0. The Balaban J connectivity index is 1.86. The van der Waals surface area contributed by atoms with E-state index in [0.717, 1.165) is 47.4 Å². The number of thiophene rings is 1. The minimum atomic E-state index is 0.615. The van der Waals surface area contributed by atoms with Crippen molar-refractivity contribution in [3.05, 3.63) is 17.3 Å². The highest BCUT2D eigenvalue weighted by Crippen LogP contribution is 2.27. The number of rotatable bonds is 4. The van der Waals surface area contributed by atoms with Crippen LogP contribution in [0.5, 0.6) is 0 Å². The topological polar surface area (TPSA) is 41.1 Å². The number of nitrogens with zero attached hydrogens (tertiary/aromatic N) is 3. The molecule has 0 radical (unpaired) electrons. The lowest BCUT2D eigenvalue weighted by atomic mass is 9.92. The lowest BCUT2D eigenvalue weighted by Crippen LogP contribution is -2.42. The molecule has 2 unspecified atom stereocenters. The molecule has 1 fully saturated rings. The molecule has 0 spiro atoms. The zero-order chi connectivity index (χ0) is 14.8. The fourth-order valence-corrected chi connectivity index (χ4v) is 3.88. The number of piperidine rings is 1. The summed E-state index contributed by atoms with van der Waals surface area (Å²) in [6.07, 6.45) is 2.62. The summed E-state index contributed by atoms with van der Waals surface area (Å²) in [5.74, 6) is 2.69. The van der Waals surface area contributed by atoms with Gasteiger partial charge in [0.15, 0.2) is 0 Å². The van der Waals surface area contributed by atoms with E-state index < -0.39 is 0 Å². The largest absolute Gasteiger partial charge is 0.370 e. The quantitative estimate of drug-likeness (QED) is 0.934. The number of hydrogen-bond acceptors (Lipinski definition) is 5. The molecule has 2 aromatic heterocycles. The van der Waals surface area contributed by atoms with Gasteiger partial charge in [-0.2, -0.15) is 0 Å². The van der Waals surface area contributed by atoms with Gasteiger partial charge in [-0.25, -0.2) is 9.97 Å². The summed E-state index contributed by atoms with van der Waals surface area (Å²) in [7, 11) is 0. The van der Waals surface area contributed by atoms with E-state index in [1.165, 1.54) is 12.8 Å². The summed E-state index contributed by atoms with van der Waals surface area (Å²) in [6.45, 7) is 9.70. The molecule has 0 aromatic carbocycles. The Hall–Kier alpha value is -1.20. The highest BCUT2D eigenvalue weighted by atomic mass is 32.1. The predicted molar refractivity (Wildman–Crippen MR) is 89.8 cm³/mol. The van der Waals surface area contributed by atoms with E-state index in [1.807, 2.05) is 0 Å². The number of likely N-dealkylation sites (tertiary alicyclic amines) is 1. The number of hydrogen-bond donors (Lipinski definition) is 1. The molecule has 5 heteroatoms. The summed E-state index contributed by atoms with van der Waals surface area (Å²) < 4.78 is 0. The third kappa shape index (κ3) is 3.04. The number of anilines is 1. The first-order valence-corrected chi connectivity index (χ1v) is 8.79. The molecule has 0 aliphatic carbocycles. The number of nitrogens with one attached hydrogen (secondary N) is 1. The lowest BCUT2D eigenvalue weighted by molar-refractivity contribution is 0.104. The fourth-order valence-electron chi connectivity index (χ4n) is 3.10. The molecular weight excluding hydrogens is 280 g/mol. The molecule has 4 nitrogen and oxygen atoms in total. The van der Waals surface area contributed by atoms with Crippen molar-refractivity contribution in [1.82, 2.24) is 14.9 Å². The zero-order valence-electron chi connectivity index (χ0n) is 13.1. The van der Waals surface area contributed by atoms with E-state index in [9.17, 15) is 0 Å². The Morgan fingerprint density at radius 2 is 2.24 bits per heavy atom. The van der Waals surface area contributed by atoms with Crippen molar-refractivity contribution >= 4 is 27.4 Å². The molecular formula is C16H24N4S. The molecule has 3 heterocycles. The summed E-state index contributed by atoms with van der Waals surface area (Å²) in [6, 6.07) is 2.72. The van der Waals surface area contributed by atoms with Crippen molar-refractivity contribution < 1.29 is 0 Å². The average molecular weight is 304 g/mol. The highest BCUT2D eigenvalue weighted by Gasteiger charge is 2.25. The van der Waals surface area contributed by atoms with Crippen molar-refractivity contribution in [2.75, 3.05) is 18.4 Å². The van der Waals surface area contributed by atoms with Crippen LogP contribution in [0.3, 0.4) is 0 Å². The van der Waals surface area contributed by atoms with Gasteiger partial charge >= 0.3 is 0 Å². The van der Waals surface area contributed by atoms with Gasteiger partial charge < -0.3 is 5.32 Å². The van der Waals surface area contributed by atoms with Gasteiger partial charge in [-0.15, -0.1) is 11.3 Å². The van der Waals surface area contributed by atoms with Crippen molar-refractivity contribution in [2.24, 2.45) is 5.92 Å². The van der Waals surface area contributed by atoms with Crippen LogP contribution in [0.4, 0.5) is 5.82 Å². The van der Waals surface area contributed by atoms with E-state index in [-0.39, 0.29) is 0 Å². The first-order chi connectivity index (χ1) is 10.2. The van der Waals surface area contributed by atoms with Crippen LogP contribution in [0.25, 0.3) is 10.2 Å². The standard InChI is InChI=1S/C16H24N4S/c1-4-17-15-13-7-9-21-16(13)19-14(18-15)10-20-8-5-6-11(2)12(20)3/h7,9,11-12H,4-6,8,10H2,1-3H3,(H,17,18,19). The molecule has 0 saturated carbocycles. The molecule has 114 valence electrons. The maximum absolute atomic E-state index is 4.76. The van der Waals surface area contributed by atoms with Crippen LogP contribution in [-0.4, -0.2) is 34.0 Å². The first-order valence-electron chi connectivity index (χ1n) is 7.91. The molecule has 1 aliphatic heterocycles. The third-order valence-corrected chi connectivity index (χ3v) is 5.37. The molecule has 2 aromatic rings. The molecule has 21 heavy (non-hydrogen) atoms. The minimum absolute atomic E-state index is 0.615. The Morgan fingerprint density at radius 1 is 1.38 bits per heavy atom. The van der Waals surface area contributed by atoms with Crippen LogP contribution in [0.1, 0.15) is 39.4 Å². The van der Waals surface area contributed by atoms with E-state index >= 15 is 0 Å². The van der Waals surface area contributed by atoms with Crippen LogP contribution < -0.4 is 5.32 Å². The van der Waals surface area contributed by atoms with Gasteiger partial charge in [0, 0.05) is 12.6 Å². The van der Waals surface area contributed by atoms with Gasteiger partial charge in [0.1, 0.15) is 16.5 Å².